The Morgan fingerprint density at radius 1 is 0.789 bits per heavy atom. The van der Waals surface area contributed by atoms with E-state index in [0.717, 1.165) is 11.0 Å². The molecule has 98 valence electrons. The molecular weight excluding hydrogens is 262 g/mol. The first-order chi connectivity index (χ1) is 8.93. The van der Waals surface area contributed by atoms with Gasteiger partial charge in [-0.25, -0.2) is 15.3 Å². The Hall–Kier alpha value is -2.02. The first kappa shape index (κ1) is 13.4. The van der Waals surface area contributed by atoms with Crippen molar-refractivity contribution in [1.29, 1.82) is 0 Å². The summed E-state index contributed by atoms with van der Waals surface area (Å²) in [5.41, 5.74) is 2.12. The molecule has 3 aromatic rings. The molecule has 0 aliphatic rings. The first-order valence-corrected chi connectivity index (χ1v) is 7.09. The minimum atomic E-state index is -3.67. The second-order valence-electron chi connectivity index (χ2n) is 3.96. The highest BCUT2D eigenvalue weighted by atomic mass is 32.2. The van der Waals surface area contributed by atoms with Crippen LogP contribution in [0.4, 0.5) is 0 Å². The van der Waals surface area contributed by atoms with Crippen molar-refractivity contribution >= 4 is 32.0 Å². The number of hydrogen-bond acceptors (Lipinski definition) is 3. The van der Waals surface area contributed by atoms with Gasteiger partial charge < -0.3 is 0 Å². The Morgan fingerprint density at radius 3 is 1.58 bits per heavy atom. The van der Waals surface area contributed by atoms with Gasteiger partial charge in [-0.05, 0) is 18.2 Å². The van der Waals surface area contributed by atoms with Crippen LogP contribution < -0.4 is 10.3 Å². The molecule has 4 N–H and O–H groups in total. The van der Waals surface area contributed by atoms with E-state index in [2.05, 4.69) is 33.5 Å². The summed E-state index contributed by atoms with van der Waals surface area (Å²) in [6, 6.07) is 18.6. The molecule has 0 amide bonds. The molecule has 3 rings (SSSR count). The molecular formula is C13H13N3O2S. The van der Waals surface area contributed by atoms with Crippen LogP contribution >= 0.6 is 0 Å². The Morgan fingerprint density at radius 2 is 1.16 bits per heavy atom. The lowest BCUT2D eigenvalue weighted by Crippen LogP contribution is -2.21. The second kappa shape index (κ2) is 5.31. The van der Waals surface area contributed by atoms with Gasteiger partial charge in [0.25, 0.3) is 10.2 Å². The third-order valence-electron chi connectivity index (χ3n) is 2.43. The van der Waals surface area contributed by atoms with Crippen LogP contribution in [0, 0.1) is 0 Å². The Kier molecular flexibility index (Phi) is 3.75. The van der Waals surface area contributed by atoms with Crippen molar-refractivity contribution in [2.24, 2.45) is 10.3 Å². The molecule has 6 heteroatoms. The molecule has 0 spiro atoms. The van der Waals surface area contributed by atoms with Gasteiger partial charge in [0.05, 0.1) is 11.0 Å². The molecule has 0 aliphatic carbocycles. The van der Waals surface area contributed by atoms with E-state index in [1.807, 2.05) is 36.4 Å². The average molecular weight is 275 g/mol. The fraction of sp³-hybridized carbons (Fsp3) is 0. The van der Waals surface area contributed by atoms with E-state index in [1.165, 1.54) is 10.8 Å². The molecule has 0 fully saturated rings. The van der Waals surface area contributed by atoms with Crippen LogP contribution in [0.2, 0.25) is 0 Å². The van der Waals surface area contributed by atoms with Gasteiger partial charge >= 0.3 is 0 Å². The van der Waals surface area contributed by atoms with Gasteiger partial charge in [-0.3, -0.25) is 0 Å². The molecule has 0 saturated heterocycles. The lowest BCUT2D eigenvalue weighted by Gasteiger charge is -1.99. The summed E-state index contributed by atoms with van der Waals surface area (Å²) in [6.45, 7) is 0. The van der Waals surface area contributed by atoms with Crippen molar-refractivity contribution in [3.05, 3.63) is 54.6 Å². The lowest BCUT2D eigenvalue weighted by atomic mass is 10.1. The highest BCUT2D eigenvalue weighted by Crippen LogP contribution is 2.18. The van der Waals surface area contributed by atoms with Crippen LogP contribution in [0.1, 0.15) is 0 Å². The maximum atomic E-state index is 9.19. The Labute approximate surface area is 111 Å². The van der Waals surface area contributed by atoms with Crippen molar-refractivity contribution in [2.45, 2.75) is 0 Å². The summed E-state index contributed by atoms with van der Waals surface area (Å²) >= 11 is 0. The average Bonchev–Trinajstić information content (AvgIpc) is 2.34. The Balaban J connectivity index is 0.000000232. The van der Waals surface area contributed by atoms with Crippen LogP contribution in [0.15, 0.2) is 54.6 Å². The number of para-hydroxylation sites is 2. The maximum Gasteiger partial charge on any atom is 0.271 e. The van der Waals surface area contributed by atoms with Gasteiger partial charge in [0.15, 0.2) is 0 Å². The lowest BCUT2D eigenvalue weighted by molar-refractivity contribution is 0.599. The summed E-state index contributed by atoms with van der Waals surface area (Å²) in [4.78, 5) is 4.58. The highest BCUT2D eigenvalue weighted by molar-refractivity contribution is 7.86. The van der Waals surface area contributed by atoms with E-state index in [9.17, 15) is 8.42 Å². The van der Waals surface area contributed by atoms with E-state index in [1.54, 1.807) is 0 Å². The van der Waals surface area contributed by atoms with Crippen molar-refractivity contribution in [2.75, 3.05) is 0 Å². The van der Waals surface area contributed by atoms with Crippen molar-refractivity contribution in [1.82, 2.24) is 4.98 Å². The molecule has 1 heterocycles. The number of nitrogens with zero attached hydrogens (tertiary/aromatic N) is 1. The Bertz CT molecular complexity index is 703. The zero-order valence-corrected chi connectivity index (χ0v) is 10.8. The fourth-order valence-corrected chi connectivity index (χ4v) is 1.72. The molecule has 0 bridgehead atoms. The van der Waals surface area contributed by atoms with E-state index in [-0.39, 0.29) is 0 Å². The van der Waals surface area contributed by atoms with Gasteiger partial charge in [0.2, 0.25) is 0 Å². The summed E-state index contributed by atoms with van der Waals surface area (Å²) in [5.74, 6) is 0. The van der Waals surface area contributed by atoms with Gasteiger partial charge in [-0.2, -0.15) is 8.42 Å². The van der Waals surface area contributed by atoms with Crippen LogP contribution in [0.3, 0.4) is 0 Å². The molecule has 0 aliphatic heterocycles. The molecule has 19 heavy (non-hydrogen) atoms. The van der Waals surface area contributed by atoms with Crippen molar-refractivity contribution in [3.8, 4) is 0 Å². The number of hydrogen-bond donors (Lipinski definition) is 2. The SMILES string of the molecule is NS(N)(=O)=O.c1ccc2nc3ccccc3cc2c1. The standard InChI is InChI=1S/C13H9N.H4N2O2S/c1-3-7-12-10(5-1)9-11-6-2-4-8-13(11)14-12;1-5(2,3)4/h1-9H;(H4,1,2,3,4). The zero-order valence-electron chi connectivity index (χ0n) is 10.0. The molecule has 1 aromatic heterocycles. The van der Waals surface area contributed by atoms with Crippen LogP contribution in [-0.4, -0.2) is 13.4 Å². The number of fused-ring (bicyclic) bond motifs is 2. The summed E-state index contributed by atoms with van der Waals surface area (Å²) < 4.78 is 18.4. The number of aromatic nitrogens is 1. The molecule has 0 atom stereocenters. The fourth-order valence-electron chi connectivity index (χ4n) is 1.72. The number of benzene rings is 2. The van der Waals surface area contributed by atoms with E-state index >= 15 is 0 Å². The second-order valence-corrected chi connectivity index (χ2v) is 5.14. The van der Waals surface area contributed by atoms with Crippen molar-refractivity contribution in [3.63, 3.8) is 0 Å². The summed E-state index contributed by atoms with van der Waals surface area (Å²) in [5, 5.41) is 10.6. The van der Waals surface area contributed by atoms with E-state index in [0.29, 0.717) is 0 Å². The summed E-state index contributed by atoms with van der Waals surface area (Å²) in [6.07, 6.45) is 0. The van der Waals surface area contributed by atoms with Gasteiger partial charge in [-0.15, -0.1) is 0 Å². The van der Waals surface area contributed by atoms with Crippen LogP contribution in [-0.2, 0) is 10.2 Å². The largest absolute Gasteiger partial charge is 0.271 e. The minimum absolute atomic E-state index is 1.06. The van der Waals surface area contributed by atoms with Gasteiger partial charge in [0, 0.05) is 10.8 Å². The van der Waals surface area contributed by atoms with Crippen molar-refractivity contribution < 1.29 is 8.42 Å². The molecule has 0 unspecified atom stereocenters. The van der Waals surface area contributed by atoms with Crippen LogP contribution in [0.5, 0.6) is 0 Å². The quantitative estimate of drug-likeness (QED) is 0.609. The maximum absolute atomic E-state index is 9.19. The van der Waals surface area contributed by atoms with E-state index in [4.69, 9.17) is 0 Å². The molecule has 0 saturated carbocycles. The topological polar surface area (TPSA) is 99.1 Å². The highest BCUT2D eigenvalue weighted by Gasteiger charge is 1.96. The predicted molar refractivity (Wildman–Crippen MR) is 76.5 cm³/mol. The molecule has 2 aromatic carbocycles. The van der Waals surface area contributed by atoms with E-state index < -0.39 is 10.2 Å². The summed E-state index contributed by atoms with van der Waals surface area (Å²) in [7, 11) is -3.67. The monoisotopic (exact) mass is 275 g/mol. The van der Waals surface area contributed by atoms with Gasteiger partial charge in [-0.1, -0.05) is 36.4 Å². The number of pyridine rings is 1. The number of rotatable bonds is 0. The minimum Gasteiger partial charge on any atom is -0.248 e. The zero-order chi connectivity index (χ0) is 13.9. The van der Waals surface area contributed by atoms with Gasteiger partial charge in [0.1, 0.15) is 0 Å². The first-order valence-electron chi connectivity index (χ1n) is 5.48. The third-order valence-corrected chi connectivity index (χ3v) is 2.43. The smallest absolute Gasteiger partial charge is 0.248 e. The number of nitrogens with two attached hydrogens (primary N) is 2. The predicted octanol–water partition coefficient (Wildman–Crippen LogP) is 1.54. The molecule has 5 nitrogen and oxygen atoms in total. The van der Waals surface area contributed by atoms with Crippen LogP contribution in [0.25, 0.3) is 21.8 Å². The normalized spacial score (nSPS) is 11.1. The molecule has 0 radical (unpaired) electrons. The third kappa shape index (κ3) is 3.99.